The average Bonchev–Trinajstić information content (AvgIpc) is 2.06. The van der Waals surface area contributed by atoms with E-state index in [-0.39, 0.29) is 0 Å². The Balaban J connectivity index is 3.04. The Kier molecular flexibility index (Phi) is 9.88. The van der Waals surface area contributed by atoms with Crippen molar-refractivity contribution in [1.29, 1.82) is 0 Å². The molecule has 1 N–H and O–H groups in total. The quantitative estimate of drug-likeness (QED) is 0.507. The van der Waals surface area contributed by atoms with Gasteiger partial charge in [-0.25, -0.2) is 0 Å². The topological polar surface area (TPSA) is 20.2 Å². The molecule has 1 nitrogen and oxygen atoms in total. The Morgan fingerprint density at radius 3 is 2.17 bits per heavy atom. The highest BCUT2D eigenvalue weighted by molar-refractivity contribution is 9.09. The van der Waals surface area contributed by atoms with Crippen molar-refractivity contribution in [1.82, 2.24) is 0 Å². The normalized spacial score (nSPS) is 13.2. The van der Waals surface area contributed by atoms with Crippen LogP contribution in [0, 0.1) is 5.92 Å². The fourth-order valence-corrected chi connectivity index (χ4v) is 1.73. The summed E-state index contributed by atoms with van der Waals surface area (Å²) < 4.78 is 0. The lowest BCUT2D eigenvalue weighted by molar-refractivity contribution is 0.277. The number of aliphatic hydroxyl groups is 1. The molecule has 0 aliphatic heterocycles. The van der Waals surface area contributed by atoms with Crippen LogP contribution in [-0.4, -0.2) is 17.0 Å². The molecule has 0 heterocycles. The summed E-state index contributed by atoms with van der Waals surface area (Å²) in [5.74, 6) is 0.843. The molecule has 0 aromatic heterocycles. The van der Waals surface area contributed by atoms with Crippen LogP contribution in [0.15, 0.2) is 0 Å². The predicted octanol–water partition coefficient (Wildman–Crippen LogP) is 3.35. The highest BCUT2D eigenvalue weighted by Gasteiger charge is 2.00. The number of hydrogen-bond acceptors (Lipinski definition) is 1. The molecule has 1 atom stereocenters. The van der Waals surface area contributed by atoms with Crippen molar-refractivity contribution in [3.8, 4) is 0 Å². The number of hydrogen-bond donors (Lipinski definition) is 1. The summed E-state index contributed by atoms with van der Waals surface area (Å²) >= 11 is 3.43. The first-order valence-electron chi connectivity index (χ1n) is 4.98. The molecular weight excluding hydrogens is 216 g/mol. The fourth-order valence-electron chi connectivity index (χ4n) is 1.34. The van der Waals surface area contributed by atoms with Gasteiger partial charge in [-0.1, -0.05) is 48.5 Å². The van der Waals surface area contributed by atoms with Crippen molar-refractivity contribution in [3.05, 3.63) is 0 Å². The molecule has 0 saturated carbocycles. The van der Waals surface area contributed by atoms with Gasteiger partial charge < -0.3 is 5.11 Å². The Bertz CT molecular complexity index is 75.9. The van der Waals surface area contributed by atoms with Crippen LogP contribution in [0.1, 0.15) is 45.4 Å². The fraction of sp³-hybridized carbons (Fsp3) is 1.00. The Hall–Kier alpha value is 0.440. The zero-order valence-electron chi connectivity index (χ0n) is 8.06. The van der Waals surface area contributed by atoms with E-state index in [0.717, 1.165) is 17.7 Å². The molecule has 74 valence electrons. The van der Waals surface area contributed by atoms with Crippen molar-refractivity contribution in [2.45, 2.75) is 45.4 Å². The van der Waals surface area contributed by atoms with E-state index in [2.05, 4.69) is 22.9 Å². The van der Waals surface area contributed by atoms with Gasteiger partial charge in [-0.3, -0.25) is 0 Å². The van der Waals surface area contributed by atoms with Gasteiger partial charge in [0.1, 0.15) is 0 Å². The van der Waals surface area contributed by atoms with Crippen LogP contribution in [0.3, 0.4) is 0 Å². The molecule has 0 radical (unpaired) electrons. The molecule has 0 aromatic carbocycles. The van der Waals surface area contributed by atoms with Crippen LogP contribution in [0.25, 0.3) is 0 Å². The van der Waals surface area contributed by atoms with Crippen molar-refractivity contribution in [2.75, 3.05) is 11.9 Å². The minimum Gasteiger partial charge on any atom is -0.396 e. The van der Waals surface area contributed by atoms with Gasteiger partial charge >= 0.3 is 0 Å². The first kappa shape index (κ1) is 12.4. The van der Waals surface area contributed by atoms with Crippen LogP contribution < -0.4 is 0 Å². The van der Waals surface area contributed by atoms with Gasteiger partial charge in [-0.05, 0) is 18.8 Å². The summed E-state index contributed by atoms with van der Waals surface area (Å²) in [6, 6.07) is 0. The molecule has 2 heteroatoms. The molecule has 0 aliphatic rings. The molecule has 0 fully saturated rings. The number of rotatable bonds is 8. The predicted molar refractivity (Wildman–Crippen MR) is 57.7 cm³/mol. The second-order valence-corrected chi connectivity index (χ2v) is 4.30. The molecular formula is C10H21BrO. The lowest BCUT2D eigenvalue weighted by atomic mass is 9.98. The smallest absolute Gasteiger partial charge is 0.0431 e. The van der Waals surface area contributed by atoms with Gasteiger partial charge in [-0.15, -0.1) is 0 Å². The number of unbranched alkanes of at least 4 members (excludes halogenated alkanes) is 2. The second kappa shape index (κ2) is 9.53. The summed E-state index contributed by atoms with van der Waals surface area (Å²) in [6.45, 7) is 2.67. The summed E-state index contributed by atoms with van der Waals surface area (Å²) in [6.07, 6.45) is 7.42. The highest BCUT2D eigenvalue weighted by Crippen LogP contribution is 2.15. The summed E-state index contributed by atoms with van der Waals surface area (Å²) in [5.41, 5.74) is 0. The van der Waals surface area contributed by atoms with Crippen molar-refractivity contribution >= 4 is 15.9 Å². The van der Waals surface area contributed by atoms with Crippen LogP contribution in [-0.2, 0) is 0 Å². The zero-order chi connectivity index (χ0) is 9.23. The summed E-state index contributed by atoms with van der Waals surface area (Å²) in [7, 11) is 0. The Labute approximate surface area is 84.7 Å². The molecule has 0 aromatic rings. The van der Waals surface area contributed by atoms with Gasteiger partial charge in [0.25, 0.3) is 0 Å². The van der Waals surface area contributed by atoms with Crippen LogP contribution in [0.5, 0.6) is 0 Å². The van der Waals surface area contributed by atoms with E-state index in [1.54, 1.807) is 0 Å². The first-order valence-corrected chi connectivity index (χ1v) is 6.10. The van der Waals surface area contributed by atoms with Crippen molar-refractivity contribution in [3.63, 3.8) is 0 Å². The number of alkyl halides is 1. The van der Waals surface area contributed by atoms with E-state index in [1.807, 2.05) is 0 Å². The third kappa shape index (κ3) is 8.54. The standard InChI is InChI=1S/C10H21BrO/c1-10(6-2-4-8-11)7-3-5-9-12/h10,12H,2-9H2,1H3/t10-/m0/s1. The molecule has 12 heavy (non-hydrogen) atoms. The molecule has 0 saturated heterocycles. The molecule has 0 aliphatic carbocycles. The highest BCUT2D eigenvalue weighted by atomic mass is 79.9. The molecule has 0 amide bonds. The third-order valence-electron chi connectivity index (χ3n) is 2.19. The maximum atomic E-state index is 8.59. The van der Waals surface area contributed by atoms with Gasteiger partial charge in [0.15, 0.2) is 0 Å². The summed E-state index contributed by atoms with van der Waals surface area (Å²) in [4.78, 5) is 0. The van der Waals surface area contributed by atoms with Crippen LogP contribution >= 0.6 is 15.9 Å². The van der Waals surface area contributed by atoms with Gasteiger partial charge in [0.05, 0.1) is 0 Å². The van der Waals surface area contributed by atoms with Gasteiger partial charge in [0, 0.05) is 11.9 Å². The van der Waals surface area contributed by atoms with E-state index in [1.165, 1.54) is 32.1 Å². The zero-order valence-corrected chi connectivity index (χ0v) is 9.65. The summed E-state index contributed by atoms with van der Waals surface area (Å²) in [5, 5.41) is 9.72. The maximum absolute atomic E-state index is 8.59. The van der Waals surface area contributed by atoms with E-state index in [4.69, 9.17) is 5.11 Å². The molecule has 0 unspecified atom stereocenters. The second-order valence-electron chi connectivity index (χ2n) is 3.51. The van der Waals surface area contributed by atoms with Gasteiger partial charge in [0.2, 0.25) is 0 Å². The Morgan fingerprint density at radius 1 is 1.08 bits per heavy atom. The van der Waals surface area contributed by atoms with E-state index in [0.29, 0.717) is 6.61 Å². The van der Waals surface area contributed by atoms with Crippen LogP contribution in [0.2, 0.25) is 0 Å². The largest absolute Gasteiger partial charge is 0.396 e. The van der Waals surface area contributed by atoms with Gasteiger partial charge in [-0.2, -0.15) is 0 Å². The lowest BCUT2D eigenvalue weighted by Gasteiger charge is -2.09. The van der Waals surface area contributed by atoms with E-state index < -0.39 is 0 Å². The maximum Gasteiger partial charge on any atom is 0.0431 e. The minimum absolute atomic E-state index is 0.355. The molecule has 0 bridgehead atoms. The number of halogens is 1. The SMILES string of the molecule is C[C@H](CCCCO)CCCCBr. The lowest BCUT2D eigenvalue weighted by Crippen LogP contribution is -1.96. The van der Waals surface area contributed by atoms with Crippen molar-refractivity contribution in [2.24, 2.45) is 5.92 Å². The van der Waals surface area contributed by atoms with Crippen molar-refractivity contribution < 1.29 is 5.11 Å². The Morgan fingerprint density at radius 2 is 1.67 bits per heavy atom. The molecule has 0 rings (SSSR count). The van der Waals surface area contributed by atoms with Crippen LogP contribution in [0.4, 0.5) is 0 Å². The molecule has 0 spiro atoms. The number of aliphatic hydroxyl groups excluding tert-OH is 1. The van der Waals surface area contributed by atoms with E-state index in [9.17, 15) is 0 Å². The minimum atomic E-state index is 0.355. The monoisotopic (exact) mass is 236 g/mol. The average molecular weight is 237 g/mol. The third-order valence-corrected chi connectivity index (χ3v) is 2.75. The van der Waals surface area contributed by atoms with E-state index >= 15 is 0 Å². The first-order chi connectivity index (χ1) is 5.81.